The number of rotatable bonds is 4. The lowest BCUT2D eigenvalue weighted by atomic mass is 10.2. The van der Waals surface area contributed by atoms with Crippen LogP contribution < -0.4 is 11.1 Å². The molecule has 0 atom stereocenters. The summed E-state index contributed by atoms with van der Waals surface area (Å²) in [5.74, 6) is -0.0309. The minimum Gasteiger partial charge on any atom is -0.398 e. The first-order chi connectivity index (χ1) is 9.55. The number of nitrogens with one attached hydrogen (secondary N) is 1. The SMILES string of the molecule is CCc1nnc(NC(=O)c2cc(N)c(C)s2)nc1CC. The van der Waals surface area contributed by atoms with Gasteiger partial charge in [-0.05, 0) is 25.8 Å². The molecule has 0 fully saturated rings. The van der Waals surface area contributed by atoms with E-state index in [0.29, 0.717) is 10.6 Å². The van der Waals surface area contributed by atoms with Crippen molar-refractivity contribution in [1.29, 1.82) is 0 Å². The monoisotopic (exact) mass is 291 g/mol. The van der Waals surface area contributed by atoms with Gasteiger partial charge in [-0.2, -0.15) is 0 Å². The molecule has 7 heteroatoms. The van der Waals surface area contributed by atoms with Gasteiger partial charge in [0, 0.05) is 10.6 Å². The lowest BCUT2D eigenvalue weighted by Crippen LogP contribution is -2.15. The van der Waals surface area contributed by atoms with Crippen LogP contribution in [-0.4, -0.2) is 21.1 Å². The Morgan fingerprint density at radius 3 is 2.55 bits per heavy atom. The zero-order valence-corrected chi connectivity index (χ0v) is 12.5. The molecule has 6 nitrogen and oxygen atoms in total. The number of nitrogen functional groups attached to an aromatic ring is 1. The van der Waals surface area contributed by atoms with E-state index in [1.807, 2.05) is 20.8 Å². The first-order valence-corrected chi connectivity index (χ1v) is 7.26. The Labute approximate surface area is 121 Å². The quantitative estimate of drug-likeness (QED) is 0.900. The number of aromatic nitrogens is 3. The minimum atomic E-state index is -0.261. The molecule has 2 aromatic heterocycles. The third-order valence-electron chi connectivity index (χ3n) is 2.91. The summed E-state index contributed by atoms with van der Waals surface area (Å²) in [5, 5.41) is 10.7. The highest BCUT2D eigenvalue weighted by Crippen LogP contribution is 2.23. The molecule has 0 aromatic carbocycles. The summed E-state index contributed by atoms with van der Waals surface area (Å²) in [6, 6.07) is 1.66. The molecule has 0 aliphatic carbocycles. The fourth-order valence-corrected chi connectivity index (χ4v) is 2.60. The maximum absolute atomic E-state index is 12.1. The van der Waals surface area contributed by atoms with Crippen LogP contribution in [0.3, 0.4) is 0 Å². The third kappa shape index (κ3) is 2.93. The van der Waals surface area contributed by atoms with Crippen LogP contribution in [0.4, 0.5) is 11.6 Å². The largest absolute Gasteiger partial charge is 0.398 e. The Hall–Kier alpha value is -2.02. The lowest BCUT2D eigenvalue weighted by Gasteiger charge is -2.06. The predicted molar refractivity (Wildman–Crippen MR) is 80.0 cm³/mol. The number of nitrogens with two attached hydrogens (primary N) is 1. The predicted octanol–water partition coefficient (Wildman–Crippen LogP) is 2.20. The lowest BCUT2D eigenvalue weighted by molar-refractivity contribution is 0.102. The highest BCUT2D eigenvalue weighted by Gasteiger charge is 2.14. The van der Waals surface area contributed by atoms with Gasteiger partial charge in [0.1, 0.15) is 0 Å². The van der Waals surface area contributed by atoms with Crippen molar-refractivity contribution < 1.29 is 4.79 Å². The van der Waals surface area contributed by atoms with E-state index >= 15 is 0 Å². The zero-order valence-electron chi connectivity index (χ0n) is 11.7. The van der Waals surface area contributed by atoms with Gasteiger partial charge in [0.05, 0.1) is 16.3 Å². The summed E-state index contributed by atoms with van der Waals surface area (Å²) in [5.41, 5.74) is 8.09. The van der Waals surface area contributed by atoms with Gasteiger partial charge in [0.25, 0.3) is 5.91 Å². The minimum absolute atomic E-state index is 0.230. The average Bonchev–Trinajstić information content (AvgIpc) is 2.78. The molecule has 1 amide bonds. The van der Waals surface area contributed by atoms with Gasteiger partial charge in [0.15, 0.2) is 0 Å². The van der Waals surface area contributed by atoms with Crippen LogP contribution >= 0.6 is 11.3 Å². The van der Waals surface area contributed by atoms with Gasteiger partial charge in [-0.1, -0.05) is 13.8 Å². The number of thiophene rings is 1. The van der Waals surface area contributed by atoms with Crippen LogP contribution in [0.25, 0.3) is 0 Å². The topological polar surface area (TPSA) is 93.8 Å². The van der Waals surface area contributed by atoms with Gasteiger partial charge < -0.3 is 5.73 Å². The van der Waals surface area contributed by atoms with Crippen molar-refractivity contribution >= 4 is 28.9 Å². The molecule has 0 unspecified atom stereocenters. The number of nitrogens with zero attached hydrogens (tertiary/aromatic N) is 3. The van der Waals surface area contributed by atoms with Crippen molar-refractivity contribution in [3.63, 3.8) is 0 Å². The van der Waals surface area contributed by atoms with Crippen molar-refractivity contribution in [1.82, 2.24) is 15.2 Å². The number of aryl methyl sites for hydroxylation is 3. The molecule has 3 N–H and O–H groups in total. The maximum Gasteiger partial charge on any atom is 0.268 e. The first-order valence-electron chi connectivity index (χ1n) is 6.44. The number of carbonyl (C=O) groups excluding carboxylic acids is 1. The Morgan fingerprint density at radius 1 is 1.30 bits per heavy atom. The van der Waals surface area contributed by atoms with Crippen LogP contribution in [0.2, 0.25) is 0 Å². The summed E-state index contributed by atoms with van der Waals surface area (Å²) in [7, 11) is 0. The van der Waals surface area contributed by atoms with Crippen LogP contribution in [0.15, 0.2) is 6.07 Å². The van der Waals surface area contributed by atoms with Gasteiger partial charge in [0.2, 0.25) is 5.95 Å². The normalized spacial score (nSPS) is 10.6. The standard InChI is InChI=1S/C13H17N5OS/c1-4-9-10(5-2)17-18-13(15-9)16-12(19)11-6-8(14)7(3)20-11/h6H,4-5,14H2,1-3H3,(H,15,16,18,19). The van der Waals surface area contributed by atoms with Crippen LogP contribution in [0.1, 0.15) is 39.8 Å². The molecular formula is C13H17N5OS. The highest BCUT2D eigenvalue weighted by molar-refractivity contribution is 7.14. The van der Waals surface area contributed by atoms with Crippen LogP contribution in [-0.2, 0) is 12.8 Å². The van der Waals surface area contributed by atoms with Gasteiger partial charge in [-0.15, -0.1) is 21.5 Å². The van der Waals surface area contributed by atoms with Gasteiger partial charge in [-0.25, -0.2) is 4.98 Å². The summed E-state index contributed by atoms with van der Waals surface area (Å²) >= 11 is 1.35. The Balaban J connectivity index is 2.19. The molecule has 106 valence electrons. The molecule has 0 radical (unpaired) electrons. The van der Waals surface area contributed by atoms with E-state index in [9.17, 15) is 4.79 Å². The molecule has 0 aliphatic heterocycles. The summed E-state index contributed by atoms with van der Waals surface area (Å²) in [6.07, 6.45) is 1.53. The number of hydrogen-bond donors (Lipinski definition) is 2. The second-order valence-corrected chi connectivity index (χ2v) is 5.57. The van der Waals surface area contributed by atoms with Crippen molar-refractivity contribution in [3.8, 4) is 0 Å². The van der Waals surface area contributed by atoms with E-state index in [2.05, 4.69) is 20.5 Å². The van der Waals surface area contributed by atoms with E-state index in [-0.39, 0.29) is 11.9 Å². The van der Waals surface area contributed by atoms with Crippen molar-refractivity contribution in [3.05, 3.63) is 27.2 Å². The Bertz CT molecular complexity index is 618. The highest BCUT2D eigenvalue weighted by atomic mass is 32.1. The fraction of sp³-hybridized carbons (Fsp3) is 0.385. The number of hydrogen-bond acceptors (Lipinski definition) is 6. The molecule has 0 saturated carbocycles. The molecule has 0 bridgehead atoms. The number of anilines is 2. The molecule has 20 heavy (non-hydrogen) atoms. The molecular weight excluding hydrogens is 274 g/mol. The summed E-state index contributed by atoms with van der Waals surface area (Å²) < 4.78 is 0. The van der Waals surface area contributed by atoms with E-state index < -0.39 is 0 Å². The van der Waals surface area contributed by atoms with E-state index in [0.717, 1.165) is 29.1 Å². The molecule has 2 heterocycles. The number of carbonyl (C=O) groups is 1. The second kappa shape index (κ2) is 5.96. The fourth-order valence-electron chi connectivity index (χ4n) is 1.76. The number of amides is 1. The van der Waals surface area contributed by atoms with Crippen molar-refractivity contribution in [2.75, 3.05) is 11.1 Å². The average molecular weight is 291 g/mol. The Morgan fingerprint density at radius 2 is 2.00 bits per heavy atom. The molecule has 0 spiro atoms. The molecule has 0 saturated heterocycles. The molecule has 2 rings (SSSR count). The summed E-state index contributed by atoms with van der Waals surface area (Å²) in [6.45, 7) is 5.87. The van der Waals surface area contributed by atoms with Gasteiger partial charge >= 0.3 is 0 Å². The third-order valence-corrected chi connectivity index (χ3v) is 3.98. The van der Waals surface area contributed by atoms with E-state index in [4.69, 9.17) is 5.73 Å². The van der Waals surface area contributed by atoms with Gasteiger partial charge in [-0.3, -0.25) is 10.1 Å². The summed E-state index contributed by atoms with van der Waals surface area (Å²) in [4.78, 5) is 17.9. The molecule has 0 aliphatic rings. The van der Waals surface area contributed by atoms with E-state index in [1.54, 1.807) is 6.07 Å². The van der Waals surface area contributed by atoms with Crippen LogP contribution in [0, 0.1) is 6.92 Å². The first kappa shape index (κ1) is 14.4. The van der Waals surface area contributed by atoms with Crippen molar-refractivity contribution in [2.24, 2.45) is 0 Å². The second-order valence-electron chi connectivity index (χ2n) is 4.31. The maximum atomic E-state index is 12.1. The van der Waals surface area contributed by atoms with Crippen molar-refractivity contribution in [2.45, 2.75) is 33.6 Å². The van der Waals surface area contributed by atoms with Crippen LogP contribution in [0.5, 0.6) is 0 Å². The molecule has 2 aromatic rings. The Kier molecular flexibility index (Phi) is 4.29. The zero-order chi connectivity index (χ0) is 14.7. The smallest absolute Gasteiger partial charge is 0.268 e. The van der Waals surface area contributed by atoms with E-state index in [1.165, 1.54) is 11.3 Å².